The van der Waals surface area contributed by atoms with Crippen molar-refractivity contribution in [2.75, 3.05) is 0 Å². The van der Waals surface area contributed by atoms with Crippen LogP contribution in [-0.2, 0) is 0 Å². The molecule has 0 aliphatic heterocycles. The summed E-state index contributed by atoms with van der Waals surface area (Å²) in [5.41, 5.74) is -1.19. The molecular formula is C14H9N3O4. The molecule has 0 atom stereocenters. The fourth-order valence-corrected chi connectivity index (χ4v) is 2.21. The first-order chi connectivity index (χ1) is 10.1. The largest absolute Gasteiger partial charge is 0.333 e. The van der Waals surface area contributed by atoms with Gasteiger partial charge in [0.25, 0.3) is 11.2 Å². The Hall–Kier alpha value is -3.22. The van der Waals surface area contributed by atoms with Gasteiger partial charge in [0, 0.05) is 6.07 Å². The van der Waals surface area contributed by atoms with E-state index in [1.165, 1.54) is 18.2 Å². The van der Waals surface area contributed by atoms with E-state index in [0.29, 0.717) is 5.69 Å². The predicted molar refractivity (Wildman–Crippen MR) is 76.8 cm³/mol. The van der Waals surface area contributed by atoms with Crippen LogP contribution in [0.2, 0.25) is 0 Å². The minimum Gasteiger partial charge on any atom is -0.306 e. The molecule has 2 aromatic carbocycles. The number of nitrogens with zero attached hydrogens (tertiary/aromatic N) is 2. The average molecular weight is 283 g/mol. The summed E-state index contributed by atoms with van der Waals surface area (Å²) in [6.07, 6.45) is 0. The number of non-ortho nitro benzene ring substituents is 1. The Morgan fingerprint density at radius 3 is 2.38 bits per heavy atom. The summed E-state index contributed by atoms with van der Waals surface area (Å²) in [7, 11) is 0. The van der Waals surface area contributed by atoms with Crippen molar-refractivity contribution in [1.82, 2.24) is 9.55 Å². The van der Waals surface area contributed by atoms with Crippen LogP contribution in [0.25, 0.3) is 16.6 Å². The SMILES string of the molecule is O=c1[nH]c2cccc([N+](=O)[O-])c2c(=O)n1-c1ccccc1. The number of para-hydroxylation sites is 1. The van der Waals surface area contributed by atoms with Crippen molar-refractivity contribution in [3.63, 3.8) is 0 Å². The van der Waals surface area contributed by atoms with Crippen molar-refractivity contribution in [3.05, 3.63) is 79.5 Å². The van der Waals surface area contributed by atoms with Crippen LogP contribution in [0, 0.1) is 10.1 Å². The second kappa shape index (κ2) is 4.71. The van der Waals surface area contributed by atoms with Crippen molar-refractivity contribution < 1.29 is 4.92 Å². The molecule has 0 spiro atoms. The number of hydrogen-bond donors (Lipinski definition) is 1. The third kappa shape index (κ3) is 2.00. The van der Waals surface area contributed by atoms with Gasteiger partial charge < -0.3 is 4.98 Å². The lowest BCUT2D eigenvalue weighted by molar-refractivity contribution is -0.383. The zero-order valence-electron chi connectivity index (χ0n) is 10.6. The Morgan fingerprint density at radius 1 is 1.00 bits per heavy atom. The van der Waals surface area contributed by atoms with E-state index in [2.05, 4.69) is 4.98 Å². The van der Waals surface area contributed by atoms with E-state index in [1.807, 2.05) is 0 Å². The van der Waals surface area contributed by atoms with Gasteiger partial charge in [0.1, 0.15) is 5.39 Å². The van der Waals surface area contributed by atoms with Gasteiger partial charge >= 0.3 is 5.69 Å². The summed E-state index contributed by atoms with van der Waals surface area (Å²) >= 11 is 0. The second-order valence-electron chi connectivity index (χ2n) is 4.36. The summed E-state index contributed by atoms with van der Waals surface area (Å²) in [6.45, 7) is 0. The van der Waals surface area contributed by atoms with Crippen LogP contribution >= 0.6 is 0 Å². The molecule has 0 aliphatic rings. The van der Waals surface area contributed by atoms with Crippen LogP contribution in [0.5, 0.6) is 0 Å². The Morgan fingerprint density at radius 2 is 1.71 bits per heavy atom. The quantitative estimate of drug-likeness (QED) is 0.570. The number of rotatable bonds is 2. The molecule has 21 heavy (non-hydrogen) atoms. The number of nitro groups is 1. The average Bonchev–Trinajstić information content (AvgIpc) is 2.47. The molecule has 0 unspecified atom stereocenters. The van der Waals surface area contributed by atoms with Gasteiger partial charge in [0.05, 0.1) is 16.1 Å². The monoisotopic (exact) mass is 283 g/mol. The first kappa shape index (κ1) is 12.8. The van der Waals surface area contributed by atoms with Crippen molar-refractivity contribution in [1.29, 1.82) is 0 Å². The lowest BCUT2D eigenvalue weighted by Gasteiger charge is -2.06. The van der Waals surface area contributed by atoms with Crippen LogP contribution < -0.4 is 11.2 Å². The van der Waals surface area contributed by atoms with E-state index in [0.717, 1.165) is 4.57 Å². The van der Waals surface area contributed by atoms with Crippen LogP contribution in [0.15, 0.2) is 58.1 Å². The van der Waals surface area contributed by atoms with Gasteiger partial charge in [0.15, 0.2) is 0 Å². The maximum atomic E-state index is 12.5. The van der Waals surface area contributed by atoms with Gasteiger partial charge in [0.2, 0.25) is 0 Å². The third-order valence-corrected chi connectivity index (χ3v) is 3.12. The Labute approximate surface area is 117 Å². The summed E-state index contributed by atoms with van der Waals surface area (Å²) in [6, 6.07) is 12.4. The molecule has 0 saturated carbocycles. The lowest BCUT2D eigenvalue weighted by Crippen LogP contribution is -2.33. The van der Waals surface area contributed by atoms with Gasteiger partial charge in [-0.1, -0.05) is 24.3 Å². The standard InChI is InChI=1S/C14H9N3O4/c18-13-12-10(7-4-8-11(12)17(20)21)15-14(19)16(13)9-5-2-1-3-6-9/h1-8H,(H,15,19). The molecule has 3 rings (SSSR count). The molecule has 1 N–H and O–H groups in total. The zero-order chi connectivity index (χ0) is 15.0. The molecule has 0 amide bonds. The third-order valence-electron chi connectivity index (χ3n) is 3.12. The number of nitro benzene ring substituents is 1. The second-order valence-corrected chi connectivity index (χ2v) is 4.36. The molecule has 0 radical (unpaired) electrons. The molecule has 104 valence electrons. The molecule has 3 aromatic rings. The summed E-state index contributed by atoms with van der Waals surface area (Å²) < 4.78 is 0.884. The number of aromatic nitrogens is 2. The van der Waals surface area contributed by atoms with Crippen molar-refractivity contribution in [3.8, 4) is 5.69 Å². The van der Waals surface area contributed by atoms with E-state index in [-0.39, 0.29) is 16.6 Å². The number of nitrogens with one attached hydrogen (secondary N) is 1. The van der Waals surface area contributed by atoms with E-state index in [9.17, 15) is 19.7 Å². The smallest absolute Gasteiger partial charge is 0.306 e. The normalized spacial score (nSPS) is 10.7. The topological polar surface area (TPSA) is 98.0 Å². The van der Waals surface area contributed by atoms with Crippen LogP contribution in [-0.4, -0.2) is 14.5 Å². The maximum absolute atomic E-state index is 12.5. The fraction of sp³-hybridized carbons (Fsp3) is 0. The number of fused-ring (bicyclic) bond motifs is 1. The maximum Gasteiger partial charge on any atom is 0.333 e. The Bertz CT molecular complexity index is 957. The van der Waals surface area contributed by atoms with Gasteiger partial charge in [-0.2, -0.15) is 0 Å². The van der Waals surface area contributed by atoms with Gasteiger partial charge in [-0.05, 0) is 18.2 Å². The van der Waals surface area contributed by atoms with Crippen molar-refractivity contribution in [2.45, 2.75) is 0 Å². The predicted octanol–water partition coefficient (Wildman–Crippen LogP) is 1.59. The fourth-order valence-electron chi connectivity index (χ4n) is 2.21. The van der Waals surface area contributed by atoms with Crippen LogP contribution in [0.3, 0.4) is 0 Å². The van der Waals surface area contributed by atoms with Gasteiger partial charge in [-0.3, -0.25) is 14.9 Å². The number of aromatic amines is 1. The van der Waals surface area contributed by atoms with Crippen molar-refractivity contribution in [2.24, 2.45) is 0 Å². The van der Waals surface area contributed by atoms with Gasteiger partial charge in [-0.25, -0.2) is 9.36 Å². The van der Waals surface area contributed by atoms with E-state index < -0.39 is 16.2 Å². The van der Waals surface area contributed by atoms with E-state index >= 15 is 0 Å². The molecule has 1 aromatic heterocycles. The van der Waals surface area contributed by atoms with E-state index in [4.69, 9.17) is 0 Å². The highest BCUT2D eigenvalue weighted by atomic mass is 16.6. The summed E-state index contributed by atoms with van der Waals surface area (Å²) in [4.78, 5) is 37.5. The van der Waals surface area contributed by atoms with E-state index in [1.54, 1.807) is 30.3 Å². The molecule has 0 aliphatic carbocycles. The number of H-pyrrole nitrogens is 1. The van der Waals surface area contributed by atoms with Crippen molar-refractivity contribution >= 4 is 16.6 Å². The molecule has 0 fully saturated rings. The lowest BCUT2D eigenvalue weighted by atomic mass is 10.2. The number of benzene rings is 2. The molecule has 1 heterocycles. The first-order valence-electron chi connectivity index (χ1n) is 6.07. The highest BCUT2D eigenvalue weighted by molar-refractivity contribution is 5.87. The Kier molecular flexibility index (Phi) is 2.87. The van der Waals surface area contributed by atoms with Gasteiger partial charge in [-0.15, -0.1) is 0 Å². The molecule has 7 nitrogen and oxygen atoms in total. The zero-order valence-corrected chi connectivity index (χ0v) is 10.6. The molecule has 0 bridgehead atoms. The summed E-state index contributed by atoms with van der Waals surface area (Å²) in [5.74, 6) is 0. The molecule has 7 heteroatoms. The Balaban J connectivity index is 2.49. The summed E-state index contributed by atoms with van der Waals surface area (Å²) in [5, 5.41) is 10.9. The molecular weight excluding hydrogens is 274 g/mol. The molecule has 0 saturated heterocycles. The van der Waals surface area contributed by atoms with Crippen LogP contribution in [0.4, 0.5) is 5.69 Å². The minimum absolute atomic E-state index is 0.119. The number of hydrogen-bond acceptors (Lipinski definition) is 4. The minimum atomic E-state index is -0.716. The first-order valence-corrected chi connectivity index (χ1v) is 6.07. The highest BCUT2D eigenvalue weighted by Crippen LogP contribution is 2.19. The highest BCUT2D eigenvalue weighted by Gasteiger charge is 2.18. The van der Waals surface area contributed by atoms with Crippen LogP contribution in [0.1, 0.15) is 0 Å².